The Morgan fingerprint density at radius 3 is 2.82 bits per heavy atom. The Balaban J connectivity index is 2.40. The molecule has 0 aliphatic carbocycles. The quantitative estimate of drug-likeness (QED) is 0.777. The highest BCUT2D eigenvalue weighted by molar-refractivity contribution is 7.91. The number of hydrogen-bond acceptors (Lipinski definition) is 4. The highest BCUT2D eigenvalue weighted by atomic mass is 32.2. The van der Waals surface area contributed by atoms with Gasteiger partial charge in [-0.25, -0.2) is 8.42 Å². The molecule has 6 heteroatoms. The summed E-state index contributed by atoms with van der Waals surface area (Å²) in [5.74, 6) is 0.439. The molecule has 1 unspecified atom stereocenters. The van der Waals surface area contributed by atoms with Gasteiger partial charge in [0.15, 0.2) is 0 Å². The van der Waals surface area contributed by atoms with Gasteiger partial charge in [-0.15, -0.1) is 0 Å². The van der Waals surface area contributed by atoms with Gasteiger partial charge in [-0.05, 0) is 25.3 Å². The maximum absolute atomic E-state index is 11.3. The SMILES string of the molecule is CCS(=O)(=O)CCCn1cc(CC(C)N)cn1. The maximum Gasteiger partial charge on any atom is 0.150 e. The van der Waals surface area contributed by atoms with Crippen LogP contribution in [0.1, 0.15) is 25.8 Å². The molecule has 98 valence electrons. The fourth-order valence-corrected chi connectivity index (χ4v) is 2.45. The van der Waals surface area contributed by atoms with Crippen LogP contribution >= 0.6 is 0 Å². The molecule has 0 saturated carbocycles. The highest BCUT2D eigenvalue weighted by Crippen LogP contribution is 2.03. The van der Waals surface area contributed by atoms with Gasteiger partial charge in [-0.2, -0.15) is 5.10 Å². The largest absolute Gasteiger partial charge is 0.328 e. The van der Waals surface area contributed by atoms with Gasteiger partial charge in [0.05, 0.1) is 11.9 Å². The zero-order valence-corrected chi connectivity index (χ0v) is 11.3. The van der Waals surface area contributed by atoms with Crippen LogP contribution in [-0.2, 0) is 22.8 Å². The summed E-state index contributed by atoms with van der Waals surface area (Å²) >= 11 is 0. The van der Waals surface area contributed by atoms with Gasteiger partial charge in [0.1, 0.15) is 9.84 Å². The van der Waals surface area contributed by atoms with E-state index in [1.165, 1.54) is 0 Å². The molecule has 0 fully saturated rings. The van der Waals surface area contributed by atoms with Crippen molar-refractivity contribution >= 4 is 9.84 Å². The first-order chi connectivity index (χ1) is 7.93. The molecule has 0 aliphatic heterocycles. The van der Waals surface area contributed by atoms with Gasteiger partial charge in [-0.3, -0.25) is 4.68 Å². The minimum Gasteiger partial charge on any atom is -0.328 e. The monoisotopic (exact) mass is 259 g/mol. The predicted octanol–water partition coefficient (Wildman–Crippen LogP) is 0.598. The minimum atomic E-state index is -2.86. The Kier molecular flexibility index (Phi) is 5.14. The summed E-state index contributed by atoms with van der Waals surface area (Å²) in [6.07, 6.45) is 5.13. The highest BCUT2D eigenvalue weighted by Gasteiger charge is 2.07. The molecule has 1 rings (SSSR count). The topological polar surface area (TPSA) is 78.0 Å². The Bertz CT molecular complexity index is 437. The summed E-state index contributed by atoms with van der Waals surface area (Å²) in [5.41, 5.74) is 6.79. The Labute approximate surface area is 103 Å². The molecule has 0 bridgehead atoms. The van der Waals surface area contributed by atoms with Crippen molar-refractivity contribution in [2.75, 3.05) is 11.5 Å². The standard InChI is InChI=1S/C11H21N3O2S/c1-3-17(15,16)6-4-5-14-9-11(8-13-14)7-10(2)12/h8-10H,3-7,12H2,1-2H3. The maximum atomic E-state index is 11.3. The first kappa shape index (κ1) is 14.2. The van der Waals surface area contributed by atoms with E-state index in [-0.39, 0.29) is 17.5 Å². The zero-order valence-electron chi connectivity index (χ0n) is 10.5. The number of aromatic nitrogens is 2. The number of nitrogens with two attached hydrogens (primary N) is 1. The molecule has 1 aromatic heterocycles. The molecule has 0 saturated heterocycles. The van der Waals surface area contributed by atoms with Crippen molar-refractivity contribution in [1.82, 2.24) is 9.78 Å². The second kappa shape index (κ2) is 6.16. The Morgan fingerprint density at radius 2 is 2.24 bits per heavy atom. The first-order valence-electron chi connectivity index (χ1n) is 5.90. The third-order valence-electron chi connectivity index (χ3n) is 2.53. The van der Waals surface area contributed by atoms with Crippen LogP contribution in [0, 0.1) is 0 Å². The normalized spacial score (nSPS) is 13.8. The molecule has 17 heavy (non-hydrogen) atoms. The summed E-state index contributed by atoms with van der Waals surface area (Å²) in [6, 6.07) is 0.119. The first-order valence-corrected chi connectivity index (χ1v) is 7.72. The molecular weight excluding hydrogens is 238 g/mol. The van der Waals surface area contributed by atoms with Crippen LogP contribution in [0.3, 0.4) is 0 Å². The van der Waals surface area contributed by atoms with E-state index in [4.69, 9.17) is 5.73 Å². The van der Waals surface area contributed by atoms with Crippen molar-refractivity contribution in [2.24, 2.45) is 5.73 Å². The second-order valence-corrected chi connectivity index (χ2v) is 6.86. The molecule has 5 nitrogen and oxygen atoms in total. The zero-order chi connectivity index (χ0) is 12.9. The van der Waals surface area contributed by atoms with Crippen LogP contribution in [0.25, 0.3) is 0 Å². The lowest BCUT2D eigenvalue weighted by atomic mass is 10.1. The van der Waals surface area contributed by atoms with Gasteiger partial charge in [0, 0.05) is 24.5 Å². The lowest BCUT2D eigenvalue weighted by Gasteiger charge is -2.02. The van der Waals surface area contributed by atoms with E-state index >= 15 is 0 Å². The van der Waals surface area contributed by atoms with E-state index in [0.717, 1.165) is 12.0 Å². The molecule has 1 aromatic rings. The lowest BCUT2D eigenvalue weighted by Crippen LogP contribution is -2.17. The summed E-state index contributed by atoms with van der Waals surface area (Å²) in [5, 5.41) is 4.18. The minimum absolute atomic E-state index is 0.119. The number of nitrogens with zero attached hydrogens (tertiary/aromatic N) is 2. The van der Waals surface area contributed by atoms with Gasteiger partial charge in [-0.1, -0.05) is 6.92 Å². The van der Waals surface area contributed by atoms with Gasteiger partial charge in [0.2, 0.25) is 0 Å². The number of aryl methyl sites for hydroxylation is 1. The summed E-state index contributed by atoms with van der Waals surface area (Å²) in [6.45, 7) is 4.26. The van der Waals surface area contributed by atoms with Crippen LogP contribution in [0.5, 0.6) is 0 Å². The predicted molar refractivity (Wildman–Crippen MR) is 68.5 cm³/mol. The van der Waals surface area contributed by atoms with Crippen molar-refractivity contribution in [3.63, 3.8) is 0 Å². The van der Waals surface area contributed by atoms with Crippen molar-refractivity contribution in [3.05, 3.63) is 18.0 Å². The molecule has 0 radical (unpaired) electrons. The lowest BCUT2D eigenvalue weighted by molar-refractivity contribution is 0.573. The average Bonchev–Trinajstić information content (AvgIpc) is 2.64. The fraction of sp³-hybridized carbons (Fsp3) is 0.727. The van der Waals surface area contributed by atoms with E-state index in [0.29, 0.717) is 13.0 Å². The van der Waals surface area contributed by atoms with Crippen LogP contribution in [-0.4, -0.2) is 35.7 Å². The van der Waals surface area contributed by atoms with Crippen LogP contribution < -0.4 is 5.73 Å². The van der Waals surface area contributed by atoms with Crippen LogP contribution in [0.4, 0.5) is 0 Å². The molecule has 0 amide bonds. The third-order valence-corrected chi connectivity index (χ3v) is 4.32. The van der Waals surface area contributed by atoms with Crippen LogP contribution in [0.2, 0.25) is 0 Å². The molecule has 0 aromatic carbocycles. The van der Waals surface area contributed by atoms with Crippen molar-refractivity contribution in [1.29, 1.82) is 0 Å². The molecule has 2 N–H and O–H groups in total. The van der Waals surface area contributed by atoms with E-state index in [9.17, 15) is 8.42 Å². The summed E-state index contributed by atoms with van der Waals surface area (Å²) in [4.78, 5) is 0. The third kappa shape index (κ3) is 5.32. The van der Waals surface area contributed by atoms with Gasteiger partial charge >= 0.3 is 0 Å². The molecular formula is C11H21N3O2S. The van der Waals surface area contributed by atoms with Crippen molar-refractivity contribution in [2.45, 2.75) is 39.3 Å². The van der Waals surface area contributed by atoms with E-state index in [1.807, 2.05) is 13.1 Å². The van der Waals surface area contributed by atoms with Crippen LogP contribution in [0.15, 0.2) is 12.4 Å². The molecule has 0 spiro atoms. The number of rotatable bonds is 7. The van der Waals surface area contributed by atoms with Gasteiger partial charge in [0.25, 0.3) is 0 Å². The van der Waals surface area contributed by atoms with E-state index < -0.39 is 9.84 Å². The van der Waals surface area contributed by atoms with E-state index in [2.05, 4.69) is 5.10 Å². The van der Waals surface area contributed by atoms with E-state index in [1.54, 1.807) is 17.8 Å². The molecule has 1 heterocycles. The number of sulfone groups is 1. The fourth-order valence-electron chi connectivity index (χ4n) is 1.60. The molecule has 0 aliphatic rings. The summed E-state index contributed by atoms with van der Waals surface area (Å²) < 4.78 is 24.4. The Morgan fingerprint density at radius 1 is 1.53 bits per heavy atom. The average molecular weight is 259 g/mol. The van der Waals surface area contributed by atoms with Gasteiger partial charge < -0.3 is 5.73 Å². The smallest absolute Gasteiger partial charge is 0.150 e. The summed E-state index contributed by atoms with van der Waals surface area (Å²) in [7, 11) is -2.86. The number of hydrogen-bond donors (Lipinski definition) is 1. The van der Waals surface area contributed by atoms with Crippen molar-refractivity contribution in [3.8, 4) is 0 Å². The Hall–Kier alpha value is -0.880. The van der Waals surface area contributed by atoms with Crippen molar-refractivity contribution < 1.29 is 8.42 Å². The molecule has 1 atom stereocenters. The second-order valence-electron chi connectivity index (χ2n) is 4.38.